The normalized spacial score (nSPS) is 17.9. The SMILES string of the molecule is COc1ccc(OC(F)(F)F)cc1[C@@H](N)[C@@H](O)C1CCC1.Cl. The van der Waals surface area contributed by atoms with Gasteiger partial charge in [-0.1, -0.05) is 6.42 Å². The number of hydrogen-bond acceptors (Lipinski definition) is 4. The fourth-order valence-electron chi connectivity index (χ4n) is 2.43. The number of nitrogens with two attached hydrogens (primary N) is 1. The molecule has 0 unspecified atom stereocenters. The molecule has 1 saturated carbocycles. The van der Waals surface area contributed by atoms with Crippen LogP contribution in [0.2, 0.25) is 0 Å². The van der Waals surface area contributed by atoms with Crippen molar-refractivity contribution in [2.75, 3.05) is 7.11 Å². The second-order valence-electron chi connectivity index (χ2n) is 5.16. The highest BCUT2D eigenvalue weighted by Gasteiger charge is 2.34. The van der Waals surface area contributed by atoms with E-state index >= 15 is 0 Å². The van der Waals surface area contributed by atoms with Gasteiger partial charge in [-0.3, -0.25) is 0 Å². The molecule has 1 aliphatic rings. The van der Waals surface area contributed by atoms with E-state index < -0.39 is 18.5 Å². The van der Waals surface area contributed by atoms with Gasteiger partial charge in [0, 0.05) is 5.56 Å². The third-order valence-corrected chi connectivity index (χ3v) is 3.79. The van der Waals surface area contributed by atoms with Crippen molar-refractivity contribution in [2.24, 2.45) is 11.7 Å². The molecule has 3 N–H and O–H groups in total. The number of aliphatic hydroxyl groups is 1. The summed E-state index contributed by atoms with van der Waals surface area (Å²) in [4.78, 5) is 0. The zero-order valence-corrected chi connectivity index (χ0v) is 12.8. The van der Waals surface area contributed by atoms with Crippen LogP contribution >= 0.6 is 12.4 Å². The van der Waals surface area contributed by atoms with E-state index in [1.165, 1.54) is 19.2 Å². The fraction of sp³-hybridized carbons (Fsp3) is 0.571. The van der Waals surface area contributed by atoms with Crippen LogP contribution in [0.4, 0.5) is 13.2 Å². The van der Waals surface area contributed by atoms with Crippen LogP contribution in [-0.2, 0) is 0 Å². The third-order valence-electron chi connectivity index (χ3n) is 3.79. The summed E-state index contributed by atoms with van der Waals surface area (Å²) in [6.07, 6.45) is -2.81. The Morgan fingerprint density at radius 3 is 2.41 bits per heavy atom. The molecule has 0 bridgehead atoms. The van der Waals surface area contributed by atoms with Gasteiger partial charge in [-0.05, 0) is 37.0 Å². The van der Waals surface area contributed by atoms with Gasteiger partial charge in [0.15, 0.2) is 0 Å². The minimum Gasteiger partial charge on any atom is -0.496 e. The van der Waals surface area contributed by atoms with Gasteiger partial charge >= 0.3 is 6.36 Å². The van der Waals surface area contributed by atoms with Crippen LogP contribution in [0, 0.1) is 5.92 Å². The number of halogens is 4. The molecule has 1 aromatic carbocycles. The summed E-state index contributed by atoms with van der Waals surface area (Å²) < 4.78 is 45.8. The summed E-state index contributed by atoms with van der Waals surface area (Å²) in [6.45, 7) is 0. The molecular weight excluding hydrogens is 323 g/mol. The van der Waals surface area contributed by atoms with Crippen LogP contribution in [0.3, 0.4) is 0 Å². The molecule has 1 fully saturated rings. The molecule has 1 aliphatic carbocycles. The Morgan fingerprint density at radius 1 is 1.32 bits per heavy atom. The van der Waals surface area contributed by atoms with Crippen molar-refractivity contribution >= 4 is 12.4 Å². The topological polar surface area (TPSA) is 64.7 Å². The number of rotatable bonds is 5. The van der Waals surface area contributed by atoms with Crippen molar-refractivity contribution in [3.8, 4) is 11.5 Å². The van der Waals surface area contributed by atoms with Gasteiger partial charge in [0.25, 0.3) is 0 Å². The molecule has 126 valence electrons. The number of alkyl halides is 3. The summed E-state index contributed by atoms with van der Waals surface area (Å²) in [7, 11) is 1.39. The first-order valence-corrected chi connectivity index (χ1v) is 6.69. The van der Waals surface area contributed by atoms with E-state index in [0.29, 0.717) is 11.3 Å². The highest BCUT2D eigenvalue weighted by atomic mass is 35.5. The average molecular weight is 342 g/mol. The number of benzene rings is 1. The molecule has 8 heteroatoms. The van der Waals surface area contributed by atoms with Crippen molar-refractivity contribution in [3.05, 3.63) is 23.8 Å². The Morgan fingerprint density at radius 2 is 1.95 bits per heavy atom. The summed E-state index contributed by atoms with van der Waals surface area (Å²) in [6, 6.07) is 2.85. The first kappa shape index (κ1) is 18.9. The van der Waals surface area contributed by atoms with Gasteiger partial charge < -0.3 is 20.3 Å². The Hall–Kier alpha value is -1.18. The van der Waals surface area contributed by atoms with E-state index in [9.17, 15) is 18.3 Å². The zero-order valence-electron chi connectivity index (χ0n) is 12.0. The molecule has 0 aromatic heterocycles. The van der Waals surface area contributed by atoms with Gasteiger partial charge in [-0.2, -0.15) is 0 Å². The monoisotopic (exact) mass is 341 g/mol. The van der Waals surface area contributed by atoms with E-state index in [-0.39, 0.29) is 24.1 Å². The van der Waals surface area contributed by atoms with E-state index in [2.05, 4.69) is 4.74 Å². The molecule has 0 spiro atoms. The molecular formula is C14H19ClF3NO3. The van der Waals surface area contributed by atoms with Crippen molar-refractivity contribution in [1.29, 1.82) is 0 Å². The van der Waals surface area contributed by atoms with E-state index in [4.69, 9.17) is 10.5 Å². The van der Waals surface area contributed by atoms with Crippen LogP contribution in [0.5, 0.6) is 11.5 Å². The van der Waals surface area contributed by atoms with Crippen LogP contribution < -0.4 is 15.2 Å². The third kappa shape index (κ3) is 4.41. The van der Waals surface area contributed by atoms with E-state index in [1.54, 1.807) is 0 Å². The molecule has 2 atom stereocenters. The lowest BCUT2D eigenvalue weighted by atomic mass is 9.77. The quantitative estimate of drug-likeness (QED) is 0.863. The highest BCUT2D eigenvalue weighted by Crippen LogP contribution is 2.38. The fourth-order valence-corrected chi connectivity index (χ4v) is 2.43. The largest absolute Gasteiger partial charge is 0.573 e. The van der Waals surface area contributed by atoms with Gasteiger partial charge in [-0.25, -0.2) is 0 Å². The van der Waals surface area contributed by atoms with Crippen molar-refractivity contribution in [1.82, 2.24) is 0 Å². The molecule has 2 rings (SSSR count). The summed E-state index contributed by atoms with van der Waals surface area (Å²) in [5.41, 5.74) is 6.30. The van der Waals surface area contributed by atoms with Gasteiger partial charge in [0.05, 0.1) is 19.3 Å². The predicted molar refractivity (Wildman–Crippen MR) is 77.2 cm³/mol. The molecule has 0 radical (unpaired) electrons. The second kappa shape index (κ2) is 7.39. The Balaban J connectivity index is 0.00000242. The summed E-state index contributed by atoms with van der Waals surface area (Å²) in [5, 5.41) is 10.2. The molecule has 0 heterocycles. The number of aliphatic hydroxyl groups excluding tert-OH is 1. The van der Waals surface area contributed by atoms with Crippen molar-refractivity contribution in [2.45, 2.75) is 37.8 Å². The standard InChI is InChI=1S/C14H18F3NO3.ClH/c1-20-11-6-5-9(21-14(15,16)17)7-10(11)12(18)13(19)8-3-2-4-8;/h5-8,12-13,19H,2-4,18H2,1H3;1H/t12-,13+;/m1./s1. The summed E-state index contributed by atoms with van der Waals surface area (Å²) >= 11 is 0. The number of methoxy groups -OCH3 is 1. The molecule has 22 heavy (non-hydrogen) atoms. The van der Waals surface area contributed by atoms with E-state index in [1.807, 2.05) is 0 Å². The van der Waals surface area contributed by atoms with Crippen LogP contribution in [0.15, 0.2) is 18.2 Å². The smallest absolute Gasteiger partial charge is 0.496 e. The number of hydrogen-bond donors (Lipinski definition) is 2. The van der Waals surface area contributed by atoms with Crippen LogP contribution in [0.25, 0.3) is 0 Å². The maximum Gasteiger partial charge on any atom is 0.573 e. The highest BCUT2D eigenvalue weighted by molar-refractivity contribution is 5.85. The average Bonchev–Trinajstić information content (AvgIpc) is 2.33. The minimum absolute atomic E-state index is 0. The Kier molecular flexibility index (Phi) is 6.34. The second-order valence-corrected chi connectivity index (χ2v) is 5.16. The van der Waals surface area contributed by atoms with E-state index in [0.717, 1.165) is 25.3 Å². The first-order valence-electron chi connectivity index (χ1n) is 6.69. The lowest BCUT2D eigenvalue weighted by molar-refractivity contribution is -0.274. The predicted octanol–water partition coefficient (Wildman–Crippen LogP) is 3.18. The van der Waals surface area contributed by atoms with Gasteiger partial charge in [0.1, 0.15) is 11.5 Å². The molecule has 4 nitrogen and oxygen atoms in total. The Labute approximate surface area is 132 Å². The number of ether oxygens (including phenoxy) is 2. The summed E-state index contributed by atoms with van der Waals surface area (Å²) in [5.74, 6) is 0.0295. The molecule has 0 amide bonds. The Bertz CT molecular complexity index is 495. The van der Waals surface area contributed by atoms with Crippen molar-refractivity contribution < 1.29 is 27.8 Å². The van der Waals surface area contributed by atoms with Gasteiger partial charge in [-0.15, -0.1) is 25.6 Å². The molecule has 0 aliphatic heterocycles. The zero-order chi connectivity index (χ0) is 15.6. The maximum atomic E-state index is 12.3. The molecule has 0 saturated heterocycles. The van der Waals surface area contributed by atoms with Crippen LogP contribution in [0.1, 0.15) is 30.9 Å². The minimum atomic E-state index is -4.78. The first-order chi connectivity index (χ1) is 9.81. The van der Waals surface area contributed by atoms with Gasteiger partial charge in [0.2, 0.25) is 0 Å². The van der Waals surface area contributed by atoms with Crippen molar-refractivity contribution in [3.63, 3.8) is 0 Å². The lowest BCUT2D eigenvalue weighted by Gasteiger charge is -2.34. The van der Waals surface area contributed by atoms with Crippen LogP contribution in [-0.4, -0.2) is 24.7 Å². The molecule has 1 aromatic rings. The maximum absolute atomic E-state index is 12.3. The lowest BCUT2D eigenvalue weighted by Crippen LogP contribution is -2.36.